The number of nitrogens with one attached hydrogen (secondary N) is 1. The molecule has 1 fully saturated rings. The maximum Gasteiger partial charge on any atom is 0.257 e. The Bertz CT molecular complexity index is 706. The average molecular weight is 314 g/mol. The van der Waals surface area contributed by atoms with Gasteiger partial charge in [-0.3, -0.25) is 4.79 Å². The number of hydrogen-bond acceptors (Lipinski definition) is 4. The molecule has 0 radical (unpaired) electrons. The van der Waals surface area contributed by atoms with Gasteiger partial charge in [0.15, 0.2) is 0 Å². The molecule has 1 aromatic heterocycles. The molecule has 3 rings (SSSR count). The van der Waals surface area contributed by atoms with Crippen molar-refractivity contribution in [3.63, 3.8) is 0 Å². The molecule has 3 N–H and O–H groups in total. The zero-order chi connectivity index (χ0) is 16.2. The Morgan fingerprint density at radius 3 is 3.00 bits per heavy atom. The number of rotatable bonds is 3. The van der Waals surface area contributed by atoms with E-state index in [1.165, 1.54) is 12.1 Å². The molecular weight excluding hydrogens is 295 g/mol. The lowest BCUT2D eigenvalue weighted by molar-refractivity contribution is 0.0709. The molecule has 1 atom stereocenters. The van der Waals surface area contributed by atoms with Crippen molar-refractivity contribution in [3.05, 3.63) is 54.0 Å². The first-order valence-corrected chi connectivity index (χ1v) is 7.66. The van der Waals surface area contributed by atoms with Crippen LogP contribution in [0.2, 0.25) is 0 Å². The SMILES string of the molecule is N[C@H]1CCCN(C(=O)c2cccnc2Nc2cccc(F)c2)C1. The summed E-state index contributed by atoms with van der Waals surface area (Å²) in [5.74, 6) is -0.0322. The van der Waals surface area contributed by atoms with E-state index in [1.807, 2.05) is 0 Å². The number of nitrogens with two attached hydrogens (primary N) is 1. The van der Waals surface area contributed by atoms with Crippen LogP contribution in [0.1, 0.15) is 23.2 Å². The maximum atomic E-state index is 13.3. The topological polar surface area (TPSA) is 71.2 Å². The fraction of sp³-hybridized carbons (Fsp3) is 0.294. The van der Waals surface area contributed by atoms with Crippen LogP contribution in [0.3, 0.4) is 0 Å². The van der Waals surface area contributed by atoms with Crippen LogP contribution in [0.25, 0.3) is 0 Å². The third kappa shape index (κ3) is 3.65. The van der Waals surface area contributed by atoms with Crippen molar-refractivity contribution in [2.75, 3.05) is 18.4 Å². The van der Waals surface area contributed by atoms with E-state index < -0.39 is 0 Å². The van der Waals surface area contributed by atoms with E-state index in [0.717, 1.165) is 12.8 Å². The van der Waals surface area contributed by atoms with Gasteiger partial charge >= 0.3 is 0 Å². The fourth-order valence-electron chi connectivity index (χ4n) is 2.75. The van der Waals surface area contributed by atoms with Crippen LogP contribution in [-0.4, -0.2) is 34.9 Å². The molecule has 1 aliphatic heterocycles. The Kier molecular flexibility index (Phi) is 4.52. The zero-order valence-electron chi connectivity index (χ0n) is 12.7. The molecule has 2 aromatic rings. The Morgan fingerprint density at radius 1 is 1.35 bits per heavy atom. The highest BCUT2D eigenvalue weighted by Gasteiger charge is 2.24. The monoisotopic (exact) mass is 314 g/mol. The van der Waals surface area contributed by atoms with E-state index in [1.54, 1.807) is 35.4 Å². The van der Waals surface area contributed by atoms with Crippen LogP contribution >= 0.6 is 0 Å². The molecule has 6 heteroatoms. The number of hydrogen-bond donors (Lipinski definition) is 2. The lowest BCUT2D eigenvalue weighted by Crippen LogP contribution is -2.45. The summed E-state index contributed by atoms with van der Waals surface area (Å²) in [4.78, 5) is 18.7. The predicted octanol–water partition coefficient (Wildman–Crippen LogP) is 2.53. The van der Waals surface area contributed by atoms with Crippen LogP contribution in [0.4, 0.5) is 15.9 Å². The van der Waals surface area contributed by atoms with Gasteiger partial charge in [0.25, 0.3) is 5.91 Å². The number of carbonyl (C=O) groups excluding carboxylic acids is 1. The van der Waals surface area contributed by atoms with Gasteiger partial charge in [0.1, 0.15) is 11.6 Å². The highest BCUT2D eigenvalue weighted by Crippen LogP contribution is 2.21. The number of halogens is 1. The number of carbonyl (C=O) groups is 1. The van der Waals surface area contributed by atoms with Crippen LogP contribution < -0.4 is 11.1 Å². The van der Waals surface area contributed by atoms with Crippen LogP contribution in [0.5, 0.6) is 0 Å². The molecule has 0 unspecified atom stereocenters. The first-order valence-electron chi connectivity index (χ1n) is 7.66. The van der Waals surface area contributed by atoms with Crippen molar-refractivity contribution in [2.45, 2.75) is 18.9 Å². The summed E-state index contributed by atoms with van der Waals surface area (Å²) in [6.45, 7) is 1.24. The van der Waals surface area contributed by atoms with Crippen LogP contribution in [0.15, 0.2) is 42.6 Å². The minimum Gasteiger partial charge on any atom is -0.339 e. The lowest BCUT2D eigenvalue weighted by atomic mass is 10.1. The normalized spacial score (nSPS) is 17.8. The number of amides is 1. The minimum atomic E-state index is -0.346. The Morgan fingerprint density at radius 2 is 2.22 bits per heavy atom. The molecule has 2 heterocycles. The molecule has 5 nitrogen and oxygen atoms in total. The smallest absolute Gasteiger partial charge is 0.257 e. The number of piperidine rings is 1. The number of anilines is 2. The fourth-order valence-corrected chi connectivity index (χ4v) is 2.75. The second-order valence-corrected chi connectivity index (χ2v) is 5.69. The summed E-state index contributed by atoms with van der Waals surface area (Å²) in [5, 5.41) is 3.01. The molecule has 1 saturated heterocycles. The number of likely N-dealkylation sites (tertiary alicyclic amines) is 1. The zero-order valence-corrected chi connectivity index (χ0v) is 12.7. The Balaban J connectivity index is 1.84. The summed E-state index contributed by atoms with van der Waals surface area (Å²) in [6.07, 6.45) is 3.44. The first kappa shape index (κ1) is 15.4. The summed E-state index contributed by atoms with van der Waals surface area (Å²) in [6, 6.07) is 9.51. The third-order valence-corrected chi connectivity index (χ3v) is 3.87. The Hall–Kier alpha value is -2.47. The molecule has 120 valence electrons. The molecular formula is C17H19FN4O. The van der Waals surface area contributed by atoms with Crippen molar-refractivity contribution < 1.29 is 9.18 Å². The van der Waals surface area contributed by atoms with E-state index in [4.69, 9.17) is 5.73 Å². The molecule has 0 spiro atoms. The van der Waals surface area contributed by atoms with Gasteiger partial charge in [-0.05, 0) is 43.2 Å². The second-order valence-electron chi connectivity index (χ2n) is 5.69. The quantitative estimate of drug-likeness (QED) is 0.913. The van der Waals surface area contributed by atoms with Gasteiger partial charge in [0.2, 0.25) is 0 Å². The maximum absolute atomic E-state index is 13.3. The van der Waals surface area contributed by atoms with E-state index >= 15 is 0 Å². The highest BCUT2D eigenvalue weighted by molar-refractivity contribution is 5.99. The van der Waals surface area contributed by atoms with Crippen LogP contribution in [0, 0.1) is 5.82 Å². The predicted molar refractivity (Wildman–Crippen MR) is 87.0 cm³/mol. The number of benzene rings is 1. The average Bonchev–Trinajstić information content (AvgIpc) is 2.55. The van der Waals surface area contributed by atoms with E-state index in [0.29, 0.717) is 30.2 Å². The van der Waals surface area contributed by atoms with Gasteiger partial charge in [-0.15, -0.1) is 0 Å². The second kappa shape index (κ2) is 6.75. The molecule has 0 bridgehead atoms. The Labute approximate surface area is 134 Å². The first-order chi connectivity index (χ1) is 11.1. The lowest BCUT2D eigenvalue weighted by Gasteiger charge is -2.31. The molecule has 23 heavy (non-hydrogen) atoms. The molecule has 0 saturated carbocycles. The van der Waals surface area contributed by atoms with Gasteiger partial charge in [0.05, 0.1) is 5.56 Å². The van der Waals surface area contributed by atoms with Gasteiger partial charge in [0, 0.05) is 31.0 Å². The van der Waals surface area contributed by atoms with Gasteiger partial charge in [-0.25, -0.2) is 9.37 Å². The number of nitrogens with zero attached hydrogens (tertiary/aromatic N) is 2. The summed E-state index contributed by atoms with van der Waals surface area (Å²) >= 11 is 0. The summed E-state index contributed by atoms with van der Waals surface area (Å²) < 4.78 is 13.3. The highest BCUT2D eigenvalue weighted by atomic mass is 19.1. The number of aromatic nitrogens is 1. The van der Waals surface area contributed by atoms with E-state index in [9.17, 15) is 9.18 Å². The largest absolute Gasteiger partial charge is 0.339 e. The summed E-state index contributed by atoms with van der Waals surface area (Å²) in [7, 11) is 0. The van der Waals surface area contributed by atoms with Crippen molar-refractivity contribution in [1.82, 2.24) is 9.88 Å². The van der Waals surface area contributed by atoms with Crippen molar-refractivity contribution in [3.8, 4) is 0 Å². The van der Waals surface area contributed by atoms with Crippen molar-refractivity contribution in [1.29, 1.82) is 0 Å². The molecule has 1 amide bonds. The summed E-state index contributed by atoms with van der Waals surface area (Å²) in [5.41, 5.74) is 6.97. The standard InChI is InChI=1S/C17H19FN4O/c18-12-4-1-6-14(10-12)21-16-15(7-2-8-20-16)17(23)22-9-3-5-13(19)11-22/h1-2,4,6-8,10,13H,3,5,9,11,19H2,(H,20,21)/t13-/m0/s1. The van der Waals surface area contributed by atoms with Crippen LogP contribution in [-0.2, 0) is 0 Å². The third-order valence-electron chi connectivity index (χ3n) is 3.87. The molecule has 0 aliphatic carbocycles. The van der Waals surface area contributed by atoms with Gasteiger partial charge in [-0.2, -0.15) is 0 Å². The minimum absolute atomic E-state index is 0.0176. The number of pyridine rings is 1. The van der Waals surface area contributed by atoms with Crippen molar-refractivity contribution >= 4 is 17.4 Å². The van der Waals surface area contributed by atoms with E-state index in [2.05, 4.69) is 10.3 Å². The van der Waals surface area contributed by atoms with Gasteiger partial charge in [-0.1, -0.05) is 6.07 Å². The molecule has 1 aliphatic rings. The molecule has 1 aromatic carbocycles. The van der Waals surface area contributed by atoms with E-state index in [-0.39, 0.29) is 17.8 Å². The van der Waals surface area contributed by atoms with Crippen molar-refractivity contribution in [2.24, 2.45) is 5.73 Å². The van der Waals surface area contributed by atoms with Gasteiger partial charge < -0.3 is 16.0 Å².